The van der Waals surface area contributed by atoms with E-state index in [1.807, 2.05) is 11.8 Å². The van der Waals surface area contributed by atoms with Gasteiger partial charge in [-0.05, 0) is 19.1 Å². The number of morpholine rings is 1. The van der Waals surface area contributed by atoms with Crippen molar-refractivity contribution in [2.75, 3.05) is 37.0 Å². The predicted octanol–water partition coefficient (Wildman–Crippen LogP) is 3.63. The molecule has 2 aromatic heterocycles. The summed E-state index contributed by atoms with van der Waals surface area (Å²) in [5.74, 6) is -0.267. The second kappa shape index (κ2) is 8.00. The van der Waals surface area contributed by atoms with Crippen LogP contribution in [0, 0.1) is 11.6 Å². The minimum absolute atomic E-state index is 0. The van der Waals surface area contributed by atoms with Gasteiger partial charge < -0.3 is 24.2 Å². The van der Waals surface area contributed by atoms with Gasteiger partial charge in [-0.3, -0.25) is 0 Å². The Labute approximate surface area is 166 Å². The van der Waals surface area contributed by atoms with Crippen molar-refractivity contribution in [3.05, 3.63) is 42.1 Å². The Morgan fingerprint density at radius 2 is 2.14 bits per heavy atom. The van der Waals surface area contributed by atoms with Crippen molar-refractivity contribution in [3.63, 3.8) is 0 Å². The second-order valence-corrected chi connectivity index (χ2v) is 6.54. The van der Waals surface area contributed by atoms with Crippen molar-refractivity contribution >= 4 is 17.7 Å². The van der Waals surface area contributed by atoms with Gasteiger partial charge in [0.25, 0.3) is 0 Å². The van der Waals surface area contributed by atoms with E-state index in [1.165, 1.54) is 13.2 Å². The van der Waals surface area contributed by atoms with Gasteiger partial charge in [-0.1, -0.05) is 5.16 Å². The van der Waals surface area contributed by atoms with E-state index < -0.39 is 11.6 Å². The normalized spacial score (nSPS) is 16.7. The van der Waals surface area contributed by atoms with Crippen LogP contribution in [0.4, 0.5) is 26.4 Å². The Hall–Kier alpha value is -3.27. The van der Waals surface area contributed by atoms with Gasteiger partial charge in [0.05, 0.1) is 19.8 Å². The maximum Gasteiger partial charge on any atom is 0.230 e. The first-order chi connectivity index (χ1) is 14.0. The Bertz CT molecular complexity index is 1020. The molecule has 29 heavy (non-hydrogen) atoms. The fourth-order valence-electron chi connectivity index (χ4n) is 3.04. The van der Waals surface area contributed by atoms with Crippen LogP contribution in [0.15, 0.2) is 35.0 Å². The third-order valence-corrected chi connectivity index (χ3v) is 4.45. The predicted molar refractivity (Wildman–Crippen MR) is 103 cm³/mol. The van der Waals surface area contributed by atoms with E-state index in [0.29, 0.717) is 31.5 Å². The maximum atomic E-state index is 14.2. The molecule has 1 aromatic carbocycles. The van der Waals surface area contributed by atoms with Gasteiger partial charge in [-0.15, -0.1) is 0 Å². The van der Waals surface area contributed by atoms with Crippen molar-refractivity contribution in [2.24, 2.45) is 0 Å². The molecule has 3 heterocycles. The lowest BCUT2D eigenvalue weighted by Crippen LogP contribution is -2.42. The Balaban J connectivity index is 0.00000256. The van der Waals surface area contributed by atoms with E-state index >= 15 is 0 Å². The van der Waals surface area contributed by atoms with Gasteiger partial charge in [0.2, 0.25) is 11.8 Å². The SMILES string of the molecule is COc1cc(F)c(-c2cc(Nc3ccnc(N4CCO[C@@H](C)C4)n3)on2)cc1F.[HH]. The summed E-state index contributed by atoms with van der Waals surface area (Å²) in [6.07, 6.45) is 1.72. The second-order valence-electron chi connectivity index (χ2n) is 6.54. The van der Waals surface area contributed by atoms with Crippen LogP contribution >= 0.6 is 0 Å². The number of aromatic nitrogens is 3. The fourth-order valence-corrected chi connectivity index (χ4v) is 3.04. The molecule has 0 unspecified atom stereocenters. The molecule has 0 amide bonds. The average molecular weight is 405 g/mol. The van der Waals surface area contributed by atoms with E-state index in [9.17, 15) is 8.78 Å². The van der Waals surface area contributed by atoms with E-state index in [4.69, 9.17) is 14.0 Å². The first-order valence-corrected chi connectivity index (χ1v) is 9.00. The molecule has 0 radical (unpaired) electrons. The van der Waals surface area contributed by atoms with Gasteiger partial charge in [0.15, 0.2) is 11.6 Å². The summed E-state index contributed by atoms with van der Waals surface area (Å²) in [5.41, 5.74) is 0.105. The standard InChI is InChI=1S/C19H19F2N5O3.H2/c1-11-10-26(5-6-28-11)19-22-4-3-17(24-19)23-18-9-15(25-29-18)12-7-14(21)16(27-2)8-13(12)20;/h3-4,7-9,11H,5-6,10H2,1-2H3,(H,22,23,24);1H/t11-;/m0./s1. The third kappa shape index (κ3) is 4.11. The number of ether oxygens (including phenoxy) is 2. The zero-order valence-corrected chi connectivity index (χ0v) is 15.9. The molecule has 1 N–H and O–H groups in total. The summed E-state index contributed by atoms with van der Waals surface area (Å²) < 4.78 is 43.7. The van der Waals surface area contributed by atoms with Crippen molar-refractivity contribution in [1.82, 2.24) is 15.1 Å². The summed E-state index contributed by atoms with van der Waals surface area (Å²) in [7, 11) is 1.27. The summed E-state index contributed by atoms with van der Waals surface area (Å²) in [5, 5.41) is 6.77. The molecule has 0 aliphatic carbocycles. The lowest BCUT2D eigenvalue weighted by molar-refractivity contribution is 0.0526. The highest BCUT2D eigenvalue weighted by molar-refractivity contribution is 5.65. The van der Waals surface area contributed by atoms with Crippen LogP contribution < -0.4 is 15.0 Å². The highest BCUT2D eigenvalue weighted by Crippen LogP contribution is 2.30. The van der Waals surface area contributed by atoms with Gasteiger partial charge in [0.1, 0.15) is 17.3 Å². The molecule has 3 aromatic rings. The average Bonchev–Trinajstić information content (AvgIpc) is 3.17. The summed E-state index contributed by atoms with van der Waals surface area (Å²) >= 11 is 0. The molecule has 8 nitrogen and oxygen atoms in total. The van der Waals surface area contributed by atoms with Crippen molar-refractivity contribution in [2.45, 2.75) is 13.0 Å². The number of rotatable bonds is 5. The first-order valence-electron chi connectivity index (χ1n) is 9.00. The number of benzene rings is 1. The van der Waals surface area contributed by atoms with E-state index in [2.05, 4.69) is 20.4 Å². The Kier molecular flexibility index (Phi) is 5.26. The van der Waals surface area contributed by atoms with Gasteiger partial charge in [0, 0.05) is 38.4 Å². The molecule has 154 valence electrons. The van der Waals surface area contributed by atoms with Crippen LogP contribution in [-0.2, 0) is 4.74 Å². The molecule has 1 fully saturated rings. The van der Waals surface area contributed by atoms with Gasteiger partial charge >= 0.3 is 0 Å². The summed E-state index contributed by atoms with van der Waals surface area (Å²) in [6, 6.07) is 5.11. The number of methoxy groups -OCH3 is 1. The number of nitrogens with one attached hydrogen (secondary N) is 1. The van der Waals surface area contributed by atoms with E-state index in [0.717, 1.165) is 12.1 Å². The maximum absolute atomic E-state index is 14.2. The number of anilines is 3. The molecule has 10 heteroatoms. The lowest BCUT2D eigenvalue weighted by Gasteiger charge is -2.31. The number of nitrogens with zero attached hydrogens (tertiary/aromatic N) is 4. The van der Waals surface area contributed by atoms with E-state index in [-0.39, 0.29) is 30.4 Å². The molecule has 1 aliphatic heterocycles. The molecule has 1 saturated heterocycles. The van der Waals surface area contributed by atoms with Crippen LogP contribution in [0.25, 0.3) is 11.3 Å². The molecule has 0 bridgehead atoms. The molecule has 0 saturated carbocycles. The minimum atomic E-state index is -0.693. The van der Waals surface area contributed by atoms with Crippen LogP contribution in [0.1, 0.15) is 8.35 Å². The highest BCUT2D eigenvalue weighted by Gasteiger charge is 2.20. The first kappa shape index (κ1) is 19.1. The van der Waals surface area contributed by atoms with Crippen molar-refractivity contribution in [1.29, 1.82) is 0 Å². The van der Waals surface area contributed by atoms with Crippen LogP contribution in [0.3, 0.4) is 0 Å². The zero-order valence-electron chi connectivity index (χ0n) is 15.9. The summed E-state index contributed by atoms with van der Waals surface area (Å²) in [4.78, 5) is 10.8. The Morgan fingerprint density at radius 3 is 2.93 bits per heavy atom. The summed E-state index contributed by atoms with van der Waals surface area (Å²) in [6.45, 7) is 3.99. The Morgan fingerprint density at radius 1 is 1.28 bits per heavy atom. The number of halogens is 2. The molecule has 1 aliphatic rings. The van der Waals surface area contributed by atoms with Crippen molar-refractivity contribution in [3.8, 4) is 17.0 Å². The topological polar surface area (TPSA) is 85.5 Å². The van der Waals surface area contributed by atoms with Crippen LogP contribution in [0.2, 0.25) is 0 Å². The zero-order chi connectivity index (χ0) is 20.4. The lowest BCUT2D eigenvalue weighted by atomic mass is 10.1. The van der Waals surface area contributed by atoms with Crippen molar-refractivity contribution < 1.29 is 24.2 Å². The van der Waals surface area contributed by atoms with Gasteiger partial charge in [-0.25, -0.2) is 13.8 Å². The van der Waals surface area contributed by atoms with Crippen LogP contribution in [0.5, 0.6) is 5.75 Å². The van der Waals surface area contributed by atoms with E-state index in [1.54, 1.807) is 12.3 Å². The molecule has 0 spiro atoms. The fraction of sp³-hybridized carbons (Fsp3) is 0.316. The number of hydrogen-bond donors (Lipinski definition) is 1. The molecular weight excluding hydrogens is 384 g/mol. The third-order valence-electron chi connectivity index (χ3n) is 4.45. The monoisotopic (exact) mass is 405 g/mol. The quantitative estimate of drug-likeness (QED) is 0.689. The largest absolute Gasteiger partial charge is 0.494 e. The molecule has 4 rings (SSSR count). The smallest absolute Gasteiger partial charge is 0.230 e. The van der Waals surface area contributed by atoms with Crippen LogP contribution in [-0.4, -0.2) is 48.0 Å². The highest BCUT2D eigenvalue weighted by atomic mass is 19.1. The minimum Gasteiger partial charge on any atom is -0.494 e. The molecule has 1 atom stereocenters. The molecular formula is C19H21F2N5O3. The van der Waals surface area contributed by atoms with Gasteiger partial charge in [-0.2, -0.15) is 4.98 Å². The number of hydrogen-bond acceptors (Lipinski definition) is 8.